The summed E-state index contributed by atoms with van der Waals surface area (Å²) in [5.41, 5.74) is 2.52. The Morgan fingerprint density at radius 3 is 3.05 bits per heavy atom. The van der Waals surface area contributed by atoms with Gasteiger partial charge in [0.05, 0.1) is 5.57 Å². The van der Waals surface area contributed by atoms with Gasteiger partial charge in [-0.3, -0.25) is 9.89 Å². The third-order valence-electron chi connectivity index (χ3n) is 2.82. The Labute approximate surface area is 108 Å². The fraction of sp³-hybridized carbons (Fsp3) is 0. The summed E-state index contributed by atoms with van der Waals surface area (Å²) in [5, 5.41) is 21.0. The lowest BCUT2D eigenvalue weighted by Crippen LogP contribution is -2.05. The quantitative estimate of drug-likeness (QED) is 0.708. The Hall–Kier alpha value is -3.07. The number of hydrogen-bond acceptors (Lipinski definition) is 4. The number of fused-ring (bicyclic) bond motifs is 1. The minimum atomic E-state index is -0.178. The third-order valence-corrected chi connectivity index (χ3v) is 2.82. The zero-order chi connectivity index (χ0) is 13.2. The summed E-state index contributed by atoms with van der Waals surface area (Å²) in [7, 11) is 0. The Morgan fingerprint density at radius 1 is 1.37 bits per heavy atom. The fourth-order valence-electron chi connectivity index (χ4n) is 1.91. The summed E-state index contributed by atoms with van der Waals surface area (Å²) in [4.78, 5) is 11.8. The van der Waals surface area contributed by atoms with Crippen molar-refractivity contribution in [2.45, 2.75) is 0 Å². The van der Waals surface area contributed by atoms with Gasteiger partial charge in [-0.15, -0.1) is 0 Å². The van der Waals surface area contributed by atoms with Gasteiger partial charge in [-0.25, -0.2) is 0 Å². The van der Waals surface area contributed by atoms with Gasteiger partial charge in [0.1, 0.15) is 11.6 Å². The molecular formula is C13H9N5O. The predicted octanol–water partition coefficient (Wildman–Crippen LogP) is 1.69. The molecule has 2 aromatic rings. The number of rotatable bonds is 2. The zero-order valence-electron chi connectivity index (χ0n) is 9.77. The normalized spacial score (nSPS) is 14.9. The first-order valence-corrected chi connectivity index (χ1v) is 5.61. The van der Waals surface area contributed by atoms with Gasteiger partial charge in [-0.2, -0.15) is 10.4 Å². The lowest BCUT2D eigenvalue weighted by atomic mass is 10.1. The molecule has 0 unspecified atom stereocenters. The molecule has 0 bridgehead atoms. The SMILES string of the molecule is N#Cc1c[nH]nc1N/C=C1\C(=O)Nc2ccccc21. The number of nitriles is 1. The van der Waals surface area contributed by atoms with E-state index in [0.29, 0.717) is 17.0 Å². The van der Waals surface area contributed by atoms with E-state index in [0.717, 1.165) is 11.3 Å². The van der Waals surface area contributed by atoms with Crippen LogP contribution in [0, 0.1) is 11.3 Å². The molecule has 19 heavy (non-hydrogen) atoms. The van der Waals surface area contributed by atoms with Crippen molar-refractivity contribution < 1.29 is 4.79 Å². The molecular weight excluding hydrogens is 242 g/mol. The van der Waals surface area contributed by atoms with Crippen molar-refractivity contribution in [1.29, 1.82) is 5.26 Å². The van der Waals surface area contributed by atoms with Gasteiger partial charge in [-0.05, 0) is 6.07 Å². The summed E-state index contributed by atoms with van der Waals surface area (Å²) < 4.78 is 0. The number of nitrogens with one attached hydrogen (secondary N) is 3. The maximum Gasteiger partial charge on any atom is 0.257 e. The summed E-state index contributed by atoms with van der Waals surface area (Å²) >= 11 is 0. The lowest BCUT2D eigenvalue weighted by molar-refractivity contribution is -0.110. The van der Waals surface area contributed by atoms with Crippen LogP contribution >= 0.6 is 0 Å². The number of nitrogens with zero attached hydrogens (tertiary/aromatic N) is 2. The van der Waals surface area contributed by atoms with Crippen LogP contribution < -0.4 is 10.6 Å². The molecule has 0 atom stereocenters. The van der Waals surface area contributed by atoms with E-state index >= 15 is 0 Å². The Kier molecular flexibility index (Phi) is 2.50. The first-order valence-electron chi connectivity index (χ1n) is 5.61. The highest BCUT2D eigenvalue weighted by atomic mass is 16.2. The van der Waals surface area contributed by atoms with Crippen molar-refractivity contribution in [1.82, 2.24) is 10.2 Å². The van der Waals surface area contributed by atoms with Crippen molar-refractivity contribution in [3.8, 4) is 6.07 Å². The standard InChI is InChI=1S/C13H9N5O/c14-5-8-6-16-18-12(8)15-7-10-9-3-1-2-4-11(9)17-13(10)19/h1-4,6-7H,(H,17,19)(H2,15,16,18)/b10-7-. The molecule has 0 radical (unpaired) electrons. The van der Waals surface area contributed by atoms with E-state index in [4.69, 9.17) is 5.26 Å². The van der Waals surface area contributed by atoms with Crippen molar-refractivity contribution in [3.05, 3.63) is 47.8 Å². The largest absolute Gasteiger partial charge is 0.343 e. The number of amides is 1. The minimum absolute atomic E-state index is 0.178. The molecule has 92 valence electrons. The molecule has 1 amide bonds. The molecule has 1 aromatic heterocycles. The molecule has 0 spiro atoms. The zero-order valence-corrected chi connectivity index (χ0v) is 9.77. The monoisotopic (exact) mass is 251 g/mol. The third kappa shape index (κ3) is 1.83. The van der Waals surface area contributed by atoms with Crippen molar-refractivity contribution in [3.63, 3.8) is 0 Å². The highest BCUT2D eigenvalue weighted by Gasteiger charge is 2.23. The molecule has 6 heteroatoms. The second kappa shape index (κ2) is 4.31. The van der Waals surface area contributed by atoms with E-state index in [9.17, 15) is 4.79 Å². The summed E-state index contributed by atoms with van der Waals surface area (Å²) in [6.07, 6.45) is 3.04. The van der Waals surface area contributed by atoms with Crippen LogP contribution in [0.1, 0.15) is 11.1 Å². The second-order valence-corrected chi connectivity index (χ2v) is 3.96. The molecule has 3 rings (SSSR count). The number of H-pyrrole nitrogens is 1. The Balaban J connectivity index is 1.93. The lowest BCUT2D eigenvalue weighted by Gasteiger charge is -1.99. The number of benzene rings is 1. The van der Waals surface area contributed by atoms with Gasteiger partial charge in [0.25, 0.3) is 5.91 Å². The van der Waals surface area contributed by atoms with Crippen LogP contribution in [0.3, 0.4) is 0 Å². The molecule has 0 aliphatic carbocycles. The van der Waals surface area contributed by atoms with E-state index in [2.05, 4.69) is 20.8 Å². The number of hydrogen-bond donors (Lipinski definition) is 3. The van der Waals surface area contributed by atoms with Crippen LogP contribution in [0.2, 0.25) is 0 Å². The number of para-hydroxylation sites is 1. The highest BCUT2D eigenvalue weighted by Crippen LogP contribution is 2.31. The first kappa shape index (κ1) is 11.0. The number of carbonyl (C=O) groups is 1. The summed E-state index contributed by atoms with van der Waals surface area (Å²) in [6, 6.07) is 9.41. The van der Waals surface area contributed by atoms with Gasteiger partial charge in [-0.1, -0.05) is 18.2 Å². The van der Waals surface area contributed by atoms with E-state index in [-0.39, 0.29) is 5.91 Å². The number of aromatic nitrogens is 2. The van der Waals surface area contributed by atoms with Crippen LogP contribution in [0.25, 0.3) is 5.57 Å². The maximum absolute atomic E-state index is 11.8. The average molecular weight is 251 g/mol. The summed E-state index contributed by atoms with van der Waals surface area (Å²) in [5.74, 6) is 0.218. The van der Waals surface area contributed by atoms with E-state index in [1.54, 1.807) is 6.20 Å². The van der Waals surface area contributed by atoms with Crippen molar-refractivity contribution in [2.75, 3.05) is 10.6 Å². The van der Waals surface area contributed by atoms with E-state index in [1.165, 1.54) is 6.20 Å². The number of carbonyl (C=O) groups excluding carboxylic acids is 1. The van der Waals surface area contributed by atoms with Gasteiger partial charge < -0.3 is 10.6 Å². The van der Waals surface area contributed by atoms with Crippen molar-refractivity contribution in [2.24, 2.45) is 0 Å². The van der Waals surface area contributed by atoms with Crippen LogP contribution in [-0.4, -0.2) is 16.1 Å². The second-order valence-electron chi connectivity index (χ2n) is 3.96. The molecule has 1 aromatic carbocycles. The predicted molar refractivity (Wildman–Crippen MR) is 70.0 cm³/mol. The Morgan fingerprint density at radius 2 is 2.21 bits per heavy atom. The van der Waals surface area contributed by atoms with E-state index in [1.807, 2.05) is 30.3 Å². The molecule has 3 N–H and O–H groups in total. The van der Waals surface area contributed by atoms with Crippen LogP contribution in [0.15, 0.2) is 36.7 Å². The van der Waals surface area contributed by atoms with Gasteiger partial charge in [0.2, 0.25) is 0 Å². The first-order chi connectivity index (χ1) is 9.29. The molecule has 1 aliphatic heterocycles. The minimum Gasteiger partial charge on any atom is -0.343 e. The van der Waals surface area contributed by atoms with Crippen LogP contribution in [0.4, 0.5) is 11.5 Å². The number of aromatic amines is 1. The van der Waals surface area contributed by atoms with Crippen LogP contribution in [-0.2, 0) is 4.79 Å². The summed E-state index contributed by atoms with van der Waals surface area (Å²) in [6.45, 7) is 0. The van der Waals surface area contributed by atoms with Crippen molar-refractivity contribution >= 4 is 23.0 Å². The molecule has 0 saturated heterocycles. The average Bonchev–Trinajstić information content (AvgIpc) is 2.99. The molecule has 0 fully saturated rings. The molecule has 1 aliphatic rings. The smallest absolute Gasteiger partial charge is 0.257 e. The van der Waals surface area contributed by atoms with E-state index < -0.39 is 0 Å². The molecule has 6 nitrogen and oxygen atoms in total. The molecule has 2 heterocycles. The number of anilines is 2. The van der Waals surface area contributed by atoms with Gasteiger partial charge in [0.15, 0.2) is 5.82 Å². The van der Waals surface area contributed by atoms with Crippen LogP contribution in [0.5, 0.6) is 0 Å². The highest BCUT2D eigenvalue weighted by molar-refractivity contribution is 6.31. The Bertz CT molecular complexity index is 723. The maximum atomic E-state index is 11.8. The topological polar surface area (TPSA) is 93.6 Å². The van der Waals surface area contributed by atoms with Gasteiger partial charge >= 0.3 is 0 Å². The molecule has 0 saturated carbocycles. The van der Waals surface area contributed by atoms with Gasteiger partial charge in [0, 0.05) is 23.6 Å². The fourth-order valence-corrected chi connectivity index (χ4v) is 1.91.